The lowest BCUT2D eigenvalue weighted by Gasteiger charge is -2.10. The standard InChI is InChI=1S/C16H20BN4O3/c18-15(23)13-8-21(12-3-1-2-4-12)20-16(13)19-11-5-6-14(17-24)10(7-11)9-22/h5-8,12,22,24H,1-4,9H2,(H2,18,23)(H,19,20). The number of carbonyl (C=O) groups is 1. The summed E-state index contributed by atoms with van der Waals surface area (Å²) in [4.78, 5) is 11.7. The van der Waals surface area contributed by atoms with Crippen LogP contribution in [0.1, 0.15) is 47.6 Å². The maximum Gasteiger partial charge on any atom is 0.327 e. The molecule has 7 nitrogen and oxygen atoms in total. The maximum absolute atomic E-state index is 11.7. The van der Waals surface area contributed by atoms with Gasteiger partial charge >= 0.3 is 7.48 Å². The third-order valence-electron chi connectivity index (χ3n) is 4.41. The van der Waals surface area contributed by atoms with E-state index in [-0.39, 0.29) is 6.61 Å². The fourth-order valence-electron chi connectivity index (χ4n) is 3.10. The van der Waals surface area contributed by atoms with Gasteiger partial charge in [-0.3, -0.25) is 9.48 Å². The second-order valence-corrected chi connectivity index (χ2v) is 6.00. The molecule has 0 saturated heterocycles. The number of carbonyl (C=O) groups excluding carboxylic acids is 1. The zero-order valence-electron chi connectivity index (χ0n) is 13.3. The zero-order chi connectivity index (χ0) is 17.1. The third-order valence-corrected chi connectivity index (χ3v) is 4.41. The van der Waals surface area contributed by atoms with Gasteiger partial charge in [0.2, 0.25) is 0 Å². The summed E-state index contributed by atoms with van der Waals surface area (Å²) in [6.07, 6.45) is 6.13. The topological polar surface area (TPSA) is 113 Å². The molecular weight excluding hydrogens is 307 g/mol. The van der Waals surface area contributed by atoms with Gasteiger partial charge in [-0.1, -0.05) is 18.9 Å². The summed E-state index contributed by atoms with van der Waals surface area (Å²) in [6, 6.07) is 5.41. The third kappa shape index (κ3) is 3.29. The number of nitrogens with one attached hydrogen (secondary N) is 1. The number of aliphatic hydroxyl groups is 1. The fraction of sp³-hybridized carbons (Fsp3) is 0.375. The molecule has 1 radical (unpaired) electrons. The number of aromatic nitrogens is 2. The van der Waals surface area contributed by atoms with Crippen molar-refractivity contribution in [1.29, 1.82) is 0 Å². The van der Waals surface area contributed by atoms with Crippen LogP contribution in [0.5, 0.6) is 0 Å². The molecule has 0 aliphatic heterocycles. The van der Waals surface area contributed by atoms with Crippen molar-refractivity contribution in [3.8, 4) is 0 Å². The van der Waals surface area contributed by atoms with Crippen molar-refractivity contribution in [3.05, 3.63) is 35.5 Å². The Kier molecular flexibility index (Phi) is 4.87. The lowest BCUT2D eigenvalue weighted by molar-refractivity contribution is 0.100. The van der Waals surface area contributed by atoms with E-state index in [9.17, 15) is 9.90 Å². The largest absolute Gasteiger partial charge is 0.450 e. The molecule has 8 heteroatoms. The molecule has 3 rings (SSSR count). The van der Waals surface area contributed by atoms with Crippen molar-refractivity contribution in [1.82, 2.24) is 9.78 Å². The number of anilines is 2. The highest BCUT2D eigenvalue weighted by Crippen LogP contribution is 2.31. The minimum atomic E-state index is -0.538. The van der Waals surface area contributed by atoms with Gasteiger partial charge in [-0.25, -0.2) is 0 Å². The van der Waals surface area contributed by atoms with Gasteiger partial charge in [0.1, 0.15) is 5.56 Å². The normalized spacial score (nSPS) is 14.8. The monoisotopic (exact) mass is 327 g/mol. The molecule has 125 valence electrons. The zero-order valence-corrected chi connectivity index (χ0v) is 13.3. The van der Waals surface area contributed by atoms with E-state index in [1.807, 2.05) is 4.68 Å². The van der Waals surface area contributed by atoms with Crippen LogP contribution >= 0.6 is 0 Å². The number of aliphatic hydroxyl groups excluding tert-OH is 1. The Labute approximate surface area is 140 Å². The molecule has 1 amide bonds. The number of hydrogen-bond acceptors (Lipinski definition) is 5. The van der Waals surface area contributed by atoms with Crippen LogP contribution in [0.25, 0.3) is 0 Å². The van der Waals surface area contributed by atoms with Crippen molar-refractivity contribution in [3.63, 3.8) is 0 Å². The Bertz CT molecular complexity index is 741. The molecule has 1 aliphatic carbocycles. The molecule has 2 aromatic rings. The number of benzene rings is 1. The number of amides is 1. The molecule has 0 atom stereocenters. The van der Waals surface area contributed by atoms with Crippen molar-refractivity contribution < 1.29 is 14.9 Å². The van der Waals surface area contributed by atoms with E-state index in [1.54, 1.807) is 24.4 Å². The quantitative estimate of drug-likeness (QED) is 0.579. The summed E-state index contributed by atoms with van der Waals surface area (Å²) >= 11 is 0. The average molecular weight is 327 g/mol. The predicted molar refractivity (Wildman–Crippen MR) is 91.5 cm³/mol. The van der Waals surface area contributed by atoms with Crippen LogP contribution in [0.4, 0.5) is 11.5 Å². The molecule has 24 heavy (non-hydrogen) atoms. The molecule has 1 aliphatic rings. The predicted octanol–water partition coefficient (Wildman–Crippen LogP) is 0.570. The molecule has 0 bridgehead atoms. The van der Waals surface area contributed by atoms with Crippen LogP contribution in [0.3, 0.4) is 0 Å². The van der Waals surface area contributed by atoms with Crippen molar-refractivity contribution in [2.24, 2.45) is 5.73 Å². The van der Waals surface area contributed by atoms with Crippen molar-refractivity contribution in [2.45, 2.75) is 38.3 Å². The van der Waals surface area contributed by atoms with Crippen LogP contribution in [-0.2, 0) is 6.61 Å². The van der Waals surface area contributed by atoms with E-state index >= 15 is 0 Å². The molecule has 1 aromatic heterocycles. The smallest absolute Gasteiger partial charge is 0.327 e. The number of nitrogens with zero attached hydrogens (tertiary/aromatic N) is 2. The van der Waals surface area contributed by atoms with Crippen LogP contribution < -0.4 is 16.5 Å². The first-order chi connectivity index (χ1) is 11.6. The maximum atomic E-state index is 11.7. The Hall–Kier alpha value is -2.32. The number of nitrogens with two attached hydrogens (primary N) is 1. The first kappa shape index (κ1) is 16.5. The minimum absolute atomic E-state index is 0.207. The second-order valence-electron chi connectivity index (χ2n) is 6.00. The summed E-state index contributed by atoms with van der Waals surface area (Å²) in [5, 5.41) is 26.1. The highest BCUT2D eigenvalue weighted by atomic mass is 16.3. The van der Waals surface area contributed by atoms with Crippen molar-refractivity contribution >= 4 is 30.4 Å². The fourth-order valence-corrected chi connectivity index (χ4v) is 3.10. The molecule has 1 saturated carbocycles. The molecule has 1 heterocycles. The van der Waals surface area contributed by atoms with E-state index in [1.165, 1.54) is 0 Å². The van der Waals surface area contributed by atoms with Gasteiger partial charge < -0.3 is 21.2 Å². The van der Waals surface area contributed by atoms with E-state index in [4.69, 9.17) is 10.8 Å². The summed E-state index contributed by atoms with van der Waals surface area (Å²) in [7, 11) is 0.943. The number of hydrogen-bond donors (Lipinski definition) is 4. The Balaban J connectivity index is 1.89. The Morgan fingerprint density at radius 2 is 2.17 bits per heavy atom. The van der Waals surface area contributed by atoms with Crippen LogP contribution in [0, 0.1) is 0 Å². The van der Waals surface area contributed by atoms with Gasteiger partial charge in [-0.2, -0.15) is 5.10 Å². The molecule has 1 aromatic carbocycles. The van der Waals surface area contributed by atoms with Gasteiger partial charge in [0.05, 0.1) is 12.6 Å². The Morgan fingerprint density at radius 3 is 2.79 bits per heavy atom. The van der Waals surface area contributed by atoms with Crippen LogP contribution in [0.2, 0.25) is 0 Å². The summed E-state index contributed by atoms with van der Waals surface area (Å²) in [5.41, 5.74) is 7.57. The summed E-state index contributed by atoms with van der Waals surface area (Å²) in [5.74, 6) is -0.136. The highest BCUT2D eigenvalue weighted by Gasteiger charge is 2.22. The molecule has 0 spiro atoms. The van der Waals surface area contributed by atoms with Crippen LogP contribution in [-0.4, -0.2) is 33.3 Å². The van der Waals surface area contributed by atoms with Gasteiger partial charge in [0.15, 0.2) is 5.82 Å². The average Bonchev–Trinajstić information content (AvgIpc) is 3.24. The number of primary amides is 1. The first-order valence-corrected chi connectivity index (χ1v) is 7.99. The van der Waals surface area contributed by atoms with Crippen molar-refractivity contribution in [2.75, 3.05) is 5.32 Å². The van der Waals surface area contributed by atoms with Gasteiger partial charge in [-0.05, 0) is 36.0 Å². The second kappa shape index (κ2) is 7.06. The lowest BCUT2D eigenvalue weighted by atomic mass is 9.84. The lowest BCUT2D eigenvalue weighted by Crippen LogP contribution is -2.19. The van der Waals surface area contributed by atoms with E-state index in [0.29, 0.717) is 34.1 Å². The number of rotatable bonds is 6. The van der Waals surface area contributed by atoms with E-state index in [0.717, 1.165) is 33.2 Å². The molecule has 5 N–H and O–H groups in total. The van der Waals surface area contributed by atoms with Gasteiger partial charge in [0.25, 0.3) is 5.91 Å². The molecule has 0 unspecified atom stereocenters. The molecular formula is C16H20BN4O3. The summed E-state index contributed by atoms with van der Waals surface area (Å²) in [6.45, 7) is -0.207. The van der Waals surface area contributed by atoms with Gasteiger partial charge in [-0.15, -0.1) is 0 Å². The van der Waals surface area contributed by atoms with E-state index in [2.05, 4.69) is 10.4 Å². The van der Waals surface area contributed by atoms with E-state index < -0.39 is 5.91 Å². The van der Waals surface area contributed by atoms with Gasteiger partial charge in [0, 0.05) is 11.9 Å². The highest BCUT2D eigenvalue weighted by molar-refractivity contribution is 6.46. The Morgan fingerprint density at radius 1 is 1.42 bits per heavy atom. The molecule has 1 fully saturated rings. The minimum Gasteiger partial charge on any atom is -0.450 e. The first-order valence-electron chi connectivity index (χ1n) is 7.99. The van der Waals surface area contributed by atoms with Crippen LogP contribution in [0.15, 0.2) is 24.4 Å². The summed E-state index contributed by atoms with van der Waals surface area (Å²) < 4.78 is 1.82. The SMILES string of the molecule is NC(=O)c1cn(C2CCCC2)nc1Nc1ccc([B]O)c(CO)c1.